The van der Waals surface area contributed by atoms with Gasteiger partial charge < -0.3 is 10.4 Å². The van der Waals surface area contributed by atoms with Crippen LogP contribution in [0.15, 0.2) is 12.1 Å². The molecule has 0 spiro atoms. The fraction of sp³-hybridized carbons (Fsp3) is 0.222. The summed E-state index contributed by atoms with van der Waals surface area (Å²) in [5.74, 6) is -0.772. The van der Waals surface area contributed by atoms with E-state index in [0.29, 0.717) is 24.1 Å². The Morgan fingerprint density at radius 3 is 2.92 bits per heavy atom. The number of fused-ring (bicyclic) bond motifs is 1. The molecule has 0 saturated heterocycles. The molecule has 0 bridgehead atoms. The summed E-state index contributed by atoms with van der Waals surface area (Å²) in [5, 5.41) is 11.8. The number of hydrogen-bond donors (Lipinski definition) is 2. The van der Waals surface area contributed by atoms with E-state index in [1.54, 1.807) is 0 Å². The first-order valence-corrected chi connectivity index (χ1v) is 3.98. The number of benzene rings is 1. The Bertz CT molecular complexity index is 376. The van der Waals surface area contributed by atoms with E-state index in [1.165, 1.54) is 6.07 Å². The molecule has 1 aliphatic rings. The van der Waals surface area contributed by atoms with Crippen LogP contribution in [-0.2, 0) is 11.2 Å². The number of halogens is 1. The summed E-state index contributed by atoms with van der Waals surface area (Å²) in [6, 6.07) is 2.27. The van der Waals surface area contributed by atoms with Crippen LogP contribution in [0.25, 0.3) is 0 Å². The summed E-state index contributed by atoms with van der Waals surface area (Å²) >= 11 is 0. The number of rotatable bonds is 0. The summed E-state index contributed by atoms with van der Waals surface area (Å²) in [4.78, 5) is 10.9. The molecule has 0 atom stereocenters. The molecular weight excluding hydrogens is 173 g/mol. The summed E-state index contributed by atoms with van der Waals surface area (Å²) in [7, 11) is 0. The summed E-state index contributed by atoms with van der Waals surface area (Å²) < 4.78 is 12.8. The second-order valence-corrected chi connectivity index (χ2v) is 3.00. The third-order valence-electron chi connectivity index (χ3n) is 2.07. The SMILES string of the molecule is O=C1CCc2c(O)cc(F)cc2N1. The number of carbonyl (C=O) groups is 1. The highest BCUT2D eigenvalue weighted by atomic mass is 19.1. The zero-order valence-electron chi connectivity index (χ0n) is 6.80. The van der Waals surface area contributed by atoms with E-state index in [1.807, 2.05) is 0 Å². The molecule has 1 aromatic rings. The maximum Gasteiger partial charge on any atom is 0.224 e. The first kappa shape index (κ1) is 8.04. The van der Waals surface area contributed by atoms with Gasteiger partial charge in [-0.25, -0.2) is 4.39 Å². The molecule has 0 aromatic heterocycles. The lowest BCUT2D eigenvalue weighted by Crippen LogP contribution is -2.19. The molecule has 2 N–H and O–H groups in total. The van der Waals surface area contributed by atoms with Crippen LogP contribution in [0, 0.1) is 5.82 Å². The Morgan fingerprint density at radius 1 is 1.38 bits per heavy atom. The lowest BCUT2D eigenvalue weighted by atomic mass is 10.0. The number of hydrogen-bond acceptors (Lipinski definition) is 2. The lowest BCUT2D eigenvalue weighted by molar-refractivity contribution is -0.116. The van der Waals surface area contributed by atoms with Crippen LogP contribution in [0.4, 0.5) is 10.1 Å². The molecule has 1 amide bonds. The molecular formula is C9H8FNO2. The number of aromatic hydroxyl groups is 1. The first-order chi connectivity index (χ1) is 6.16. The number of anilines is 1. The van der Waals surface area contributed by atoms with E-state index in [0.717, 1.165) is 6.07 Å². The highest BCUT2D eigenvalue weighted by Crippen LogP contribution is 2.31. The summed E-state index contributed by atoms with van der Waals surface area (Å²) in [6.45, 7) is 0. The molecule has 0 aliphatic carbocycles. The van der Waals surface area contributed by atoms with Gasteiger partial charge in [-0.3, -0.25) is 4.79 Å². The van der Waals surface area contributed by atoms with Crippen LogP contribution >= 0.6 is 0 Å². The van der Waals surface area contributed by atoms with Crippen LogP contribution < -0.4 is 5.32 Å². The van der Waals surface area contributed by atoms with Gasteiger partial charge in [0.25, 0.3) is 0 Å². The standard InChI is InChI=1S/C9H8FNO2/c10-5-3-7-6(8(12)4-5)1-2-9(13)11-7/h3-4,12H,1-2H2,(H,11,13). The Labute approximate surface area is 74.2 Å². The minimum absolute atomic E-state index is 0.0880. The van der Waals surface area contributed by atoms with E-state index >= 15 is 0 Å². The van der Waals surface area contributed by atoms with Gasteiger partial charge in [-0.1, -0.05) is 0 Å². The quantitative estimate of drug-likeness (QED) is 0.635. The molecule has 4 heteroatoms. The molecule has 0 fully saturated rings. The Balaban J connectivity index is 2.53. The number of phenolic OH excluding ortho intramolecular Hbond substituents is 1. The van der Waals surface area contributed by atoms with E-state index in [2.05, 4.69) is 5.32 Å². The van der Waals surface area contributed by atoms with Gasteiger partial charge in [-0.05, 0) is 12.5 Å². The van der Waals surface area contributed by atoms with Gasteiger partial charge in [0.2, 0.25) is 5.91 Å². The van der Waals surface area contributed by atoms with E-state index in [-0.39, 0.29) is 11.7 Å². The van der Waals surface area contributed by atoms with Gasteiger partial charge in [0.1, 0.15) is 11.6 Å². The molecule has 3 nitrogen and oxygen atoms in total. The molecule has 0 saturated carbocycles. The zero-order valence-corrected chi connectivity index (χ0v) is 6.80. The molecule has 0 unspecified atom stereocenters. The fourth-order valence-corrected chi connectivity index (χ4v) is 1.45. The van der Waals surface area contributed by atoms with Crippen molar-refractivity contribution in [2.24, 2.45) is 0 Å². The molecule has 1 aromatic carbocycles. The van der Waals surface area contributed by atoms with E-state index < -0.39 is 5.82 Å². The average molecular weight is 181 g/mol. The Kier molecular flexibility index (Phi) is 1.69. The minimum atomic E-state index is -0.543. The molecule has 0 radical (unpaired) electrons. The number of carbonyl (C=O) groups excluding carboxylic acids is 1. The molecule has 1 aliphatic heterocycles. The van der Waals surface area contributed by atoms with Gasteiger partial charge in [-0.15, -0.1) is 0 Å². The van der Waals surface area contributed by atoms with Crippen molar-refractivity contribution in [3.63, 3.8) is 0 Å². The fourth-order valence-electron chi connectivity index (χ4n) is 1.45. The van der Waals surface area contributed by atoms with Gasteiger partial charge in [0.05, 0.1) is 5.69 Å². The summed E-state index contributed by atoms with van der Waals surface area (Å²) in [6.07, 6.45) is 0.805. The van der Waals surface area contributed by atoms with Crippen molar-refractivity contribution >= 4 is 11.6 Å². The highest BCUT2D eigenvalue weighted by molar-refractivity contribution is 5.94. The van der Waals surface area contributed by atoms with E-state index in [4.69, 9.17) is 0 Å². The van der Waals surface area contributed by atoms with Crippen molar-refractivity contribution in [1.82, 2.24) is 0 Å². The van der Waals surface area contributed by atoms with Crippen LogP contribution in [0.3, 0.4) is 0 Å². The van der Waals surface area contributed by atoms with Crippen molar-refractivity contribution in [3.8, 4) is 5.75 Å². The predicted octanol–water partition coefficient (Wildman–Crippen LogP) is 1.42. The molecule has 68 valence electrons. The molecule has 1 heterocycles. The maximum atomic E-state index is 12.8. The van der Waals surface area contributed by atoms with E-state index in [9.17, 15) is 14.3 Å². The van der Waals surface area contributed by atoms with Gasteiger partial charge in [0, 0.05) is 18.1 Å². The van der Waals surface area contributed by atoms with Crippen LogP contribution in [0.5, 0.6) is 5.75 Å². The number of amides is 1. The van der Waals surface area contributed by atoms with Crippen molar-refractivity contribution < 1.29 is 14.3 Å². The highest BCUT2D eigenvalue weighted by Gasteiger charge is 2.18. The second-order valence-electron chi connectivity index (χ2n) is 3.00. The van der Waals surface area contributed by atoms with Crippen LogP contribution in [0.2, 0.25) is 0 Å². The third-order valence-corrected chi connectivity index (χ3v) is 2.07. The number of nitrogens with one attached hydrogen (secondary N) is 1. The maximum absolute atomic E-state index is 12.8. The Morgan fingerprint density at radius 2 is 2.15 bits per heavy atom. The van der Waals surface area contributed by atoms with Crippen LogP contribution in [0.1, 0.15) is 12.0 Å². The van der Waals surface area contributed by atoms with Gasteiger partial charge in [-0.2, -0.15) is 0 Å². The minimum Gasteiger partial charge on any atom is -0.507 e. The topological polar surface area (TPSA) is 49.3 Å². The smallest absolute Gasteiger partial charge is 0.224 e. The van der Waals surface area contributed by atoms with Crippen molar-refractivity contribution in [2.45, 2.75) is 12.8 Å². The van der Waals surface area contributed by atoms with Crippen molar-refractivity contribution in [3.05, 3.63) is 23.5 Å². The lowest BCUT2D eigenvalue weighted by Gasteiger charge is -2.17. The zero-order chi connectivity index (χ0) is 9.42. The predicted molar refractivity (Wildman–Crippen MR) is 45.0 cm³/mol. The third kappa shape index (κ3) is 1.35. The Hall–Kier alpha value is -1.58. The number of phenols is 1. The van der Waals surface area contributed by atoms with Crippen molar-refractivity contribution in [2.75, 3.05) is 5.32 Å². The van der Waals surface area contributed by atoms with Gasteiger partial charge >= 0.3 is 0 Å². The summed E-state index contributed by atoms with van der Waals surface area (Å²) in [5.41, 5.74) is 0.995. The normalized spacial score (nSPS) is 15.0. The second kappa shape index (κ2) is 2.73. The monoisotopic (exact) mass is 181 g/mol. The molecule has 2 rings (SSSR count). The van der Waals surface area contributed by atoms with Gasteiger partial charge in [0.15, 0.2) is 0 Å². The molecule has 13 heavy (non-hydrogen) atoms. The largest absolute Gasteiger partial charge is 0.507 e. The van der Waals surface area contributed by atoms with Crippen molar-refractivity contribution in [1.29, 1.82) is 0 Å². The first-order valence-electron chi connectivity index (χ1n) is 3.98. The van der Waals surface area contributed by atoms with Crippen LogP contribution in [-0.4, -0.2) is 11.0 Å². The average Bonchev–Trinajstić information content (AvgIpc) is 2.02.